The first kappa shape index (κ1) is 18.1. The minimum absolute atomic E-state index is 0.151. The topological polar surface area (TPSA) is 20.3 Å². The number of nitrogens with zero attached hydrogens (tertiary/aromatic N) is 1. The highest BCUT2D eigenvalue weighted by atomic mass is 16.1. The van der Waals surface area contributed by atoms with Crippen LogP contribution in [0.3, 0.4) is 0 Å². The summed E-state index contributed by atoms with van der Waals surface area (Å²) in [6, 6.07) is 34.8. The number of rotatable bonds is 7. The molecule has 0 unspecified atom stereocenters. The molecular weight excluding hydrogens is 342 g/mol. The summed E-state index contributed by atoms with van der Waals surface area (Å²) in [4.78, 5) is 15.2. The van der Waals surface area contributed by atoms with Gasteiger partial charge in [0.2, 0.25) is 0 Å². The molecule has 0 aliphatic rings. The highest BCUT2D eigenvalue weighted by Gasteiger charge is 2.14. The van der Waals surface area contributed by atoms with Crippen molar-refractivity contribution < 1.29 is 4.79 Å². The van der Waals surface area contributed by atoms with Crippen LogP contribution < -0.4 is 0 Å². The van der Waals surface area contributed by atoms with Crippen molar-refractivity contribution in [3.05, 3.63) is 120 Å². The van der Waals surface area contributed by atoms with Crippen LogP contribution in [0.2, 0.25) is 0 Å². The van der Waals surface area contributed by atoms with Gasteiger partial charge in [0, 0.05) is 18.7 Å². The van der Waals surface area contributed by atoms with E-state index in [1.807, 2.05) is 66.7 Å². The van der Waals surface area contributed by atoms with Crippen LogP contribution in [0.4, 0.5) is 0 Å². The van der Waals surface area contributed by atoms with Crippen molar-refractivity contribution in [1.82, 2.24) is 4.90 Å². The molecule has 4 aromatic rings. The third-order valence-electron chi connectivity index (χ3n) is 4.94. The molecule has 0 saturated heterocycles. The van der Waals surface area contributed by atoms with E-state index in [-0.39, 0.29) is 5.78 Å². The van der Waals surface area contributed by atoms with Gasteiger partial charge in [-0.15, -0.1) is 0 Å². The van der Waals surface area contributed by atoms with Crippen LogP contribution in [0, 0.1) is 0 Å². The van der Waals surface area contributed by atoms with Gasteiger partial charge < -0.3 is 0 Å². The Kier molecular flexibility index (Phi) is 5.60. The molecule has 0 saturated carbocycles. The zero-order valence-corrected chi connectivity index (χ0v) is 15.8. The van der Waals surface area contributed by atoms with Crippen molar-refractivity contribution in [2.75, 3.05) is 6.54 Å². The summed E-state index contributed by atoms with van der Waals surface area (Å²) in [5.74, 6) is 0.151. The molecule has 0 aliphatic carbocycles. The van der Waals surface area contributed by atoms with E-state index in [1.165, 1.54) is 11.1 Å². The number of carbonyl (C=O) groups excluding carboxylic acids is 1. The molecule has 0 N–H and O–H groups in total. The van der Waals surface area contributed by atoms with E-state index in [0.717, 1.165) is 29.4 Å². The molecule has 0 atom stereocenters. The van der Waals surface area contributed by atoms with Gasteiger partial charge in [0.05, 0.1) is 6.54 Å². The molecule has 0 heterocycles. The summed E-state index contributed by atoms with van der Waals surface area (Å²) in [6.45, 7) is 1.88. The fourth-order valence-corrected chi connectivity index (χ4v) is 3.51. The maximum Gasteiger partial charge on any atom is 0.176 e. The summed E-state index contributed by atoms with van der Waals surface area (Å²) in [5, 5.41) is 2.26. The molecule has 0 aliphatic heterocycles. The van der Waals surface area contributed by atoms with Crippen LogP contribution in [-0.4, -0.2) is 17.2 Å². The normalized spacial score (nSPS) is 11.0. The molecule has 0 spiro atoms. The SMILES string of the molecule is O=C(CN(Cc1ccccc1)Cc1ccccc1)c1ccc2ccccc2c1. The Morgan fingerprint density at radius 2 is 1.14 bits per heavy atom. The largest absolute Gasteiger partial charge is 0.293 e. The standard InChI is InChI=1S/C26H23NO/c28-26(25-16-15-23-13-7-8-14-24(23)17-25)20-27(18-21-9-3-1-4-10-21)19-22-11-5-2-6-12-22/h1-17H,18-20H2. The Hall–Kier alpha value is -3.23. The highest BCUT2D eigenvalue weighted by molar-refractivity contribution is 6.01. The lowest BCUT2D eigenvalue weighted by Crippen LogP contribution is -2.29. The Morgan fingerprint density at radius 1 is 0.607 bits per heavy atom. The first-order valence-electron chi connectivity index (χ1n) is 9.60. The maximum atomic E-state index is 13.0. The van der Waals surface area contributed by atoms with Crippen molar-refractivity contribution in [2.45, 2.75) is 13.1 Å². The summed E-state index contributed by atoms with van der Waals surface area (Å²) >= 11 is 0. The van der Waals surface area contributed by atoms with Gasteiger partial charge >= 0.3 is 0 Å². The van der Waals surface area contributed by atoms with Gasteiger partial charge in [-0.2, -0.15) is 0 Å². The average molecular weight is 365 g/mol. The van der Waals surface area contributed by atoms with Gasteiger partial charge in [-0.25, -0.2) is 0 Å². The summed E-state index contributed by atoms with van der Waals surface area (Å²) in [6.07, 6.45) is 0. The number of benzene rings is 4. The zero-order chi connectivity index (χ0) is 19.2. The molecule has 0 amide bonds. The Morgan fingerprint density at radius 3 is 1.75 bits per heavy atom. The van der Waals surface area contributed by atoms with Crippen molar-refractivity contribution >= 4 is 16.6 Å². The van der Waals surface area contributed by atoms with E-state index in [9.17, 15) is 4.79 Å². The number of ketones is 1. The van der Waals surface area contributed by atoms with Gasteiger partial charge in [-0.1, -0.05) is 97.1 Å². The molecule has 2 nitrogen and oxygen atoms in total. The van der Waals surface area contributed by atoms with Gasteiger partial charge in [-0.05, 0) is 28.0 Å². The van der Waals surface area contributed by atoms with E-state index in [0.29, 0.717) is 6.54 Å². The van der Waals surface area contributed by atoms with Gasteiger partial charge in [-0.3, -0.25) is 9.69 Å². The predicted octanol–water partition coefficient (Wildman–Crippen LogP) is 5.72. The second-order valence-corrected chi connectivity index (χ2v) is 7.10. The van der Waals surface area contributed by atoms with E-state index >= 15 is 0 Å². The zero-order valence-electron chi connectivity index (χ0n) is 15.8. The fraction of sp³-hybridized carbons (Fsp3) is 0.115. The van der Waals surface area contributed by atoms with Crippen LogP contribution >= 0.6 is 0 Å². The lowest BCUT2D eigenvalue weighted by atomic mass is 10.0. The number of Topliss-reactive ketones (excluding diaryl/α,β-unsaturated/α-hetero) is 1. The molecular formula is C26H23NO. The maximum absolute atomic E-state index is 13.0. The number of carbonyl (C=O) groups is 1. The average Bonchev–Trinajstić information content (AvgIpc) is 2.75. The minimum Gasteiger partial charge on any atom is -0.293 e. The van der Waals surface area contributed by atoms with Gasteiger partial charge in [0.15, 0.2) is 5.78 Å². The summed E-state index contributed by atoms with van der Waals surface area (Å²) in [5.41, 5.74) is 3.19. The Labute approximate surface area is 166 Å². The molecule has 0 radical (unpaired) electrons. The van der Waals surface area contributed by atoms with Crippen LogP contribution in [0.25, 0.3) is 10.8 Å². The second kappa shape index (κ2) is 8.64. The number of hydrogen-bond acceptors (Lipinski definition) is 2. The summed E-state index contributed by atoms with van der Waals surface area (Å²) in [7, 11) is 0. The molecule has 4 rings (SSSR count). The predicted molar refractivity (Wildman–Crippen MR) is 115 cm³/mol. The van der Waals surface area contributed by atoms with Gasteiger partial charge in [0.1, 0.15) is 0 Å². The smallest absolute Gasteiger partial charge is 0.176 e. The van der Waals surface area contributed by atoms with Gasteiger partial charge in [0.25, 0.3) is 0 Å². The van der Waals surface area contributed by atoms with E-state index in [2.05, 4.69) is 41.3 Å². The molecule has 0 fully saturated rings. The Bertz CT molecular complexity index is 1020. The molecule has 28 heavy (non-hydrogen) atoms. The first-order valence-corrected chi connectivity index (χ1v) is 9.60. The highest BCUT2D eigenvalue weighted by Crippen LogP contribution is 2.17. The van der Waals surface area contributed by atoms with E-state index in [1.54, 1.807) is 0 Å². The van der Waals surface area contributed by atoms with Crippen LogP contribution in [-0.2, 0) is 13.1 Å². The number of fused-ring (bicyclic) bond motifs is 1. The van der Waals surface area contributed by atoms with Crippen molar-refractivity contribution in [1.29, 1.82) is 0 Å². The van der Waals surface area contributed by atoms with E-state index < -0.39 is 0 Å². The van der Waals surface area contributed by atoms with Crippen molar-refractivity contribution in [3.63, 3.8) is 0 Å². The summed E-state index contributed by atoms with van der Waals surface area (Å²) < 4.78 is 0. The minimum atomic E-state index is 0.151. The lowest BCUT2D eigenvalue weighted by molar-refractivity contribution is 0.0920. The lowest BCUT2D eigenvalue weighted by Gasteiger charge is -2.22. The monoisotopic (exact) mass is 365 g/mol. The molecule has 138 valence electrons. The third kappa shape index (κ3) is 4.54. The quantitative estimate of drug-likeness (QED) is 0.390. The van der Waals surface area contributed by atoms with Crippen molar-refractivity contribution in [3.8, 4) is 0 Å². The van der Waals surface area contributed by atoms with Crippen LogP contribution in [0.15, 0.2) is 103 Å². The first-order chi connectivity index (χ1) is 13.8. The Balaban J connectivity index is 1.55. The van der Waals surface area contributed by atoms with Crippen molar-refractivity contribution in [2.24, 2.45) is 0 Å². The molecule has 4 aromatic carbocycles. The molecule has 2 heteroatoms. The molecule has 0 aromatic heterocycles. The third-order valence-corrected chi connectivity index (χ3v) is 4.94. The number of hydrogen-bond donors (Lipinski definition) is 0. The van der Waals surface area contributed by atoms with E-state index in [4.69, 9.17) is 0 Å². The molecule has 0 bridgehead atoms. The van der Waals surface area contributed by atoms with Crippen LogP contribution in [0.1, 0.15) is 21.5 Å². The second-order valence-electron chi connectivity index (χ2n) is 7.10. The fourth-order valence-electron chi connectivity index (χ4n) is 3.51. The van der Waals surface area contributed by atoms with Crippen LogP contribution in [0.5, 0.6) is 0 Å².